The molecular formula is C11H22N2OS. The molecule has 1 saturated heterocycles. The zero-order chi connectivity index (χ0) is 11.1. The summed E-state index contributed by atoms with van der Waals surface area (Å²) < 4.78 is 0. The van der Waals surface area contributed by atoms with E-state index in [2.05, 4.69) is 29.9 Å². The third kappa shape index (κ3) is 5.42. The number of hydrogen-bond donors (Lipinski definition) is 2. The van der Waals surface area contributed by atoms with Crippen molar-refractivity contribution in [3.63, 3.8) is 0 Å². The second kappa shape index (κ2) is 7.12. The number of rotatable bonds is 5. The molecule has 0 unspecified atom stereocenters. The van der Waals surface area contributed by atoms with Crippen molar-refractivity contribution in [2.24, 2.45) is 5.92 Å². The first-order chi connectivity index (χ1) is 7.22. The van der Waals surface area contributed by atoms with Gasteiger partial charge in [0.2, 0.25) is 5.91 Å². The van der Waals surface area contributed by atoms with Gasteiger partial charge in [0.1, 0.15) is 0 Å². The van der Waals surface area contributed by atoms with Crippen molar-refractivity contribution < 1.29 is 4.79 Å². The van der Waals surface area contributed by atoms with Gasteiger partial charge in [0.25, 0.3) is 0 Å². The normalized spacial score (nSPS) is 19.1. The smallest absolute Gasteiger partial charge is 0.220 e. The predicted octanol–water partition coefficient (Wildman–Crippen LogP) is 1.15. The van der Waals surface area contributed by atoms with Gasteiger partial charge in [-0.05, 0) is 51.1 Å². The molecule has 15 heavy (non-hydrogen) atoms. The third-order valence-corrected chi connectivity index (χ3v) is 3.28. The summed E-state index contributed by atoms with van der Waals surface area (Å²) in [6, 6.07) is 0. The molecule has 0 aromatic heterocycles. The molecule has 0 atom stereocenters. The molecule has 0 radical (unpaired) electrons. The fourth-order valence-electron chi connectivity index (χ4n) is 1.96. The Labute approximate surface area is 98.0 Å². The number of thiol groups is 1. The number of carbonyl (C=O) groups excluding carboxylic acids is 1. The Kier molecular flexibility index (Phi) is 6.10. The molecule has 1 heterocycles. The van der Waals surface area contributed by atoms with Gasteiger partial charge in [0.05, 0.1) is 0 Å². The van der Waals surface area contributed by atoms with E-state index in [4.69, 9.17) is 0 Å². The van der Waals surface area contributed by atoms with Gasteiger partial charge in [-0.3, -0.25) is 4.79 Å². The molecular weight excluding hydrogens is 208 g/mol. The first-order valence-corrected chi connectivity index (χ1v) is 6.41. The SMILES string of the molecule is CN1CCC(CCNC(=O)CCS)CC1. The Morgan fingerprint density at radius 2 is 2.13 bits per heavy atom. The minimum absolute atomic E-state index is 0.137. The van der Waals surface area contributed by atoms with Crippen molar-refractivity contribution >= 4 is 18.5 Å². The van der Waals surface area contributed by atoms with E-state index in [1.165, 1.54) is 25.9 Å². The zero-order valence-corrected chi connectivity index (χ0v) is 10.4. The van der Waals surface area contributed by atoms with Crippen LogP contribution < -0.4 is 5.32 Å². The Balaban J connectivity index is 2.02. The van der Waals surface area contributed by atoms with E-state index < -0.39 is 0 Å². The summed E-state index contributed by atoms with van der Waals surface area (Å²) in [5.74, 6) is 1.58. The average molecular weight is 230 g/mol. The standard InChI is InChI=1S/C11H22N2OS/c1-13-7-3-10(4-8-13)2-6-12-11(14)5-9-15/h10,15H,2-9H2,1H3,(H,12,14). The molecule has 1 aliphatic heterocycles. The van der Waals surface area contributed by atoms with Crippen LogP contribution in [-0.2, 0) is 4.79 Å². The molecule has 0 aromatic rings. The van der Waals surface area contributed by atoms with Crippen LogP contribution in [0.1, 0.15) is 25.7 Å². The number of amides is 1. The highest BCUT2D eigenvalue weighted by Gasteiger charge is 2.16. The molecule has 1 aliphatic rings. The quantitative estimate of drug-likeness (QED) is 0.695. The largest absolute Gasteiger partial charge is 0.356 e. The summed E-state index contributed by atoms with van der Waals surface area (Å²) in [5.41, 5.74) is 0. The van der Waals surface area contributed by atoms with Crippen molar-refractivity contribution in [3.8, 4) is 0 Å². The minimum atomic E-state index is 0.137. The maximum atomic E-state index is 11.2. The Morgan fingerprint density at radius 3 is 2.73 bits per heavy atom. The van der Waals surface area contributed by atoms with Gasteiger partial charge in [-0.1, -0.05) is 0 Å². The summed E-state index contributed by atoms with van der Waals surface area (Å²) in [7, 11) is 2.17. The lowest BCUT2D eigenvalue weighted by Crippen LogP contribution is -2.32. The number of hydrogen-bond acceptors (Lipinski definition) is 3. The van der Waals surface area contributed by atoms with Gasteiger partial charge < -0.3 is 10.2 Å². The van der Waals surface area contributed by atoms with Crippen LogP contribution in [-0.4, -0.2) is 43.2 Å². The van der Waals surface area contributed by atoms with Gasteiger partial charge in [-0.2, -0.15) is 12.6 Å². The summed E-state index contributed by atoms with van der Waals surface area (Å²) in [6.07, 6.45) is 4.22. The molecule has 4 heteroatoms. The lowest BCUT2D eigenvalue weighted by molar-refractivity contribution is -0.120. The van der Waals surface area contributed by atoms with Crippen molar-refractivity contribution in [3.05, 3.63) is 0 Å². The van der Waals surface area contributed by atoms with Crippen LogP contribution in [0.5, 0.6) is 0 Å². The lowest BCUT2D eigenvalue weighted by Gasteiger charge is -2.28. The fraction of sp³-hybridized carbons (Fsp3) is 0.909. The Bertz CT molecular complexity index is 191. The van der Waals surface area contributed by atoms with E-state index in [1.807, 2.05) is 0 Å². The number of nitrogens with one attached hydrogen (secondary N) is 1. The van der Waals surface area contributed by atoms with E-state index in [1.54, 1.807) is 0 Å². The molecule has 1 rings (SSSR count). The molecule has 0 spiro atoms. The molecule has 0 bridgehead atoms. The van der Waals surface area contributed by atoms with Crippen LogP contribution in [0.25, 0.3) is 0 Å². The van der Waals surface area contributed by atoms with E-state index >= 15 is 0 Å². The zero-order valence-electron chi connectivity index (χ0n) is 9.54. The van der Waals surface area contributed by atoms with Gasteiger partial charge >= 0.3 is 0 Å². The van der Waals surface area contributed by atoms with Crippen LogP contribution >= 0.6 is 12.6 Å². The van der Waals surface area contributed by atoms with Crippen molar-refractivity contribution in [1.29, 1.82) is 0 Å². The van der Waals surface area contributed by atoms with Crippen molar-refractivity contribution in [2.75, 3.05) is 32.4 Å². The third-order valence-electron chi connectivity index (χ3n) is 3.05. The summed E-state index contributed by atoms with van der Waals surface area (Å²) in [4.78, 5) is 13.5. The Hall–Kier alpha value is -0.220. The van der Waals surface area contributed by atoms with Gasteiger partial charge in [0.15, 0.2) is 0 Å². The van der Waals surface area contributed by atoms with Gasteiger partial charge in [-0.25, -0.2) is 0 Å². The minimum Gasteiger partial charge on any atom is -0.356 e. The van der Waals surface area contributed by atoms with Crippen LogP contribution in [0.3, 0.4) is 0 Å². The van der Waals surface area contributed by atoms with Crippen molar-refractivity contribution in [2.45, 2.75) is 25.7 Å². The molecule has 0 saturated carbocycles. The molecule has 88 valence electrons. The number of piperidine rings is 1. The summed E-state index contributed by atoms with van der Waals surface area (Å²) >= 11 is 4.03. The van der Waals surface area contributed by atoms with E-state index in [-0.39, 0.29) is 5.91 Å². The highest BCUT2D eigenvalue weighted by atomic mass is 32.1. The second-order valence-corrected chi connectivity index (χ2v) is 4.81. The highest BCUT2D eigenvalue weighted by Crippen LogP contribution is 2.18. The maximum absolute atomic E-state index is 11.2. The topological polar surface area (TPSA) is 32.3 Å². The maximum Gasteiger partial charge on any atom is 0.220 e. The second-order valence-electron chi connectivity index (χ2n) is 4.36. The summed E-state index contributed by atoms with van der Waals surface area (Å²) in [6.45, 7) is 3.24. The number of carbonyl (C=O) groups is 1. The van der Waals surface area contributed by atoms with Gasteiger partial charge in [0, 0.05) is 13.0 Å². The van der Waals surface area contributed by atoms with E-state index in [0.29, 0.717) is 12.2 Å². The molecule has 0 aromatic carbocycles. The molecule has 3 nitrogen and oxygen atoms in total. The van der Waals surface area contributed by atoms with Crippen LogP contribution in [0.15, 0.2) is 0 Å². The molecule has 1 N–H and O–H groups in total. The highest BCUT2D eigenvalue weighted by molar-refractivity contribution is 7.80. The summed E-state index contributed by atoms with van der Waals surface area (Å²) in [5, 5.41) is 2.94. The van der Waals surface area contributed by atoms with Crippen LogP contribution in [0.2, 0.25) is 0 Å². The lowest BCUT2D eigenvalue weighted by atomic mass is 9.94. The first kappa shape index (κ1) is 12.8. The Morgan fingerprint density at radius 1 is 1.47 bits per heavy atom. The monoisotopic (exact) mass is 230 g/mol. The van der Waals surface area contributed by atoms with E-state index in [9.17, 15) is 4.79 Å². The predicted molar refractivity (Wildman–Crippen MR) is 66.3 cm³/mol. The molecule has 1 fully saturated rings. The first-order valence-electron chi connectivity index (χ1n) is 5.78. The average Bonchev–Trinajstić information content (AvgIpc) is 2.21. The van der Waals surface area contributed by atoms with Crippen LogP contribution in [0, 0.1) is 5.92 Å². The number of nitrogens with zero attached hydrogens (tertiary/aromatic N) is 1. The van der Waals surface area contributed by atoms with E-state index in [0.717, 1.165) is 18.9 Å². The molecule has 0 aliphatic carbocycles. The van der Waals surface area contributed by atoms with Gasteiger partial charge in [-0.15, -0.1) is 0 Å². The number of likely N-dealkylation sites (tertiary alicyclic amines) is 1. The fourth-order valence-corrected chi connectivity index (χ4v) is 2.16. The molecule has 1 amide bonds. The van der Waals surface area contributed by atoms with Crippen molar-refractivity contribution in [1.82, 2.24) is 10.2 Å². The van der Waals surface area contributed by atoms with Crippen LogP contribution in [0.4, 0.5) is 0 Å².